The fourth-order valence-electron chi connectivity index (χ4n) is 4.52. The van der Waals surface area contributed by atoms with E-state index in [1.54, 1.807) is 19.2 Å². The van der Waals surface area contributed by atoms with Crippen molar-refractivity contribution in [2.24, 2.45) is 5.92 Å². The molecule has 0 aromatic heterocycles. The SMILES string of the molecule is CNc1ccc(N2CCN(C3CN(c4ccc(C(=O)C(C)C)c(C=O)c4)C3)CC2)c(F)c1. The summed E-state index contributed by atoms with van der Waals surface area (Å²) in [5.74, 6) is -0.332. The van der Waals surface area contributed by atoms with Crippen molar-refractivity contribution in [3.8, 4) is 0 Å². The van der Waals surface area contributed by atoms with Crippen LogP contribution in [-0.2, 0) is 0 Å². The van der Waals surface area contributed by atoms with Crippen LogP contribution in [0.1, 0.15) is 34.6 Å². The highest BCUT2D eigenvalue weighted by Gasteiger charge is 2.34. The van der Waals surface area contributed by atoms with Crippen LogP contribution in [0.4, 0.5) is 21.5 Å². The van der Waals surface area contributed by atoms with E-state index in [4.69, 9.17) is 0 Å². The molecular formula is C25H31FN4O2. The second-order valence-corrected chi connectivity index (χ2v) is 8.91. The molecule has 0 saturated carbocycles. The summed E-state index contributed by atoms with van der Waals surface area (Å²) in [6.07, 6.45) is 0.776. The van der Waals surface area contributed by atoms with E-state index in [0.717, 1.165) is 56.9 Å². The van der Waals surface area contributed by atoms with Gasteiger partial charge in [-0.3, -0.25) is 14.5 Å². The molecule has 170 valence electrons. The summed E-state index contributed by atoms with van der Waals surface area (Å²) in [5.41, 5.74) is 3.38. The van der Waals surface area contributed by atoms with Gasteiger partial charge in [0.15, 0.2) is 12.1 Å². The zero-order valence-electron chi connectivity index (χ0n) is 19.0. The normalized spacial score (nSPS) is 17.4. The minimum absolute atomic E-state index is 0.00459. The van der Waals surface area contributed by atoms with Gasteiger partial charge in [0.25, 0.3) is 0 Å². The lowest BCUT2D eigenvalue weighted by atomic mass is 9.95. The van der Waals surface area contributed by atoms with Crippen LogP contribution in [0.2, 0.25) is 0 Å². The van der Waals surface area contributed by atoms with Gasteiger partial charge in [-0.1, -0.05) is 13.8 Å². The van der Waals surface area contributed by atoms with Crippen LogP contribution in [-0.4, -0.2) is 69.3 Å². The Morgan fingerprint density at radius 3 is 2.38 bits per heavy atom. The summed E-state index contributed by atoms with van der Waals surface area (Å²) in [4.78, 5) is 30.7. The summed E-state index contributed by atoms with van der Waals surface area (Å²) >= 11 is 0. The second kappa shape index (κ2) is 9.28. The first-order chi connectivity index (χ1) is 15.4. The monoisotopic (exact) mass is 438 g/mol. The summed E-state index contributed by atoms with van der Waals surface area (Å²) < 4.78 is 14.4. The molecule has 4 rings (SSSR count). The van der Waals surface area contributed by atoms with E-state index in [1.807, 2.05) is 38.1 Å². The highest BCUT2D eigenvalue weighted by atomic mass is 19.1. The fourth-order valence-corrected chi connectivity index (χ4v) is 4.52. The van der Waals surface area contributed by atoms with E-state index in [-0.39, 0.29) is 17.5 Å². The first-order valence-corrected chi connectivity index (χ1v) is 11.3. The van der Waals surface area contributed by atoms with Crippen LogP contribution in [0, 0.1) is 11.7 Å². The Bertz CT molecular complexity index is 995. The summed E-state index contributed by atoms with van der Waals surface area (Å²) in [6, 6.07) is 11.3. The zero-order chi connectivity index (χ0) is 22.8. The number of rotatable bonds is 7. The Morgan fingerprint density at radius 1 is 1.06 bits per heavy atom. The molecule has 0 atom stereocenters. The number of Topliss-reactive ketones (excluding diaryl/α,β-unsaturated/α-hetero) is 1. The quantitative estimate of drug-likeness (QED) is 0.527. The number of aldehydes is 1. The smallest absolute Gasteiger partial charge is 0.166 e. The molecule has 0 spiro atoms. The highest BCUT2D eigenvalue weighted by Crippen LogP contribution is 2.29. The van der Waals surface area contributed by atoms with Gasteiger partial charge in [0, 0.05) is 80.8 Å². The van der Waals surface area contributed by atoms with Crippen LogP contribution in [0.15, 0.2) is 36.4 Å². The standard InChI is InChI=1S/C25H31FN4O2/c1-17(2)25(32)22-6-5-20(12-18(22)16-31)30-14-21(15-30)28-8-10-29(11-9-28)24-7-4-19(27-3)13-23(24)26/h4-7,12-13,16-17,21,27H,8-11,14-15H2,1-3H3. The van der Waals surface area contributed by atoms with Crippen LogP contribution in [0.5, 0.6) is 0 Å². The Labute approximate surface area is 189 Å². The van der Waals surface area contributed by atoms with Gasteiger partial charge >= 0.3 is 0 Å². The zero-order valence-corrected chi connectivity index (χ0v) is 19.0. The number of piperazine rings is 1. The number of ketones is 1. The van der Waals surface area contributed by atoms with E-state index < -0.39 is 0 Å². The number of hydrogen-bond acceptors (Lipinski definition) is 6. The molecule has 2 fully saturated rings. The Balaban J connectivity index is 1.33. The predicted molar refractivity (Wildman–Crippen MR) is 127 cm³/mol. The van der Waals surface area contributed by atoms with Crippen molar-refractivity contribution in [1.29, 1.82) is 0 Å². The number of nitrogens with one attached hydrogen (secondary N) is 1. The molecule has 0 unspecified atom stereocenters. The summed E-state index contributed by atoms with van der Waals surface area (Å²) in [7, 11) is 1.79. The highest BCUT2D eigenvalue weighted by molar-refractivity contribution is 6.04. The fraction of sp³-hybridized carbons (Fsp3) is 0.440. The predicted octanol–water partition coefficient (Wildman–Crippen LogP) is 3.53. The van der Waals surface area contributed by atoms with Gasteiger partial charge in [0.05, 0.1) is 5.69 Å². The third-order valence-corrected chi connectivity index (χ3v) is 6.59. The van der Waals surface area contributed by atoms with Crippen LogP contribution < -0.4 is 15.1 Å². The lowest BCUT2D eigenvalue weighted by Gasteiger charge is -2.49. The number of carbonyl (C=O) groups excluding carboxylic acids is 2. The molecule has 2 aliphatic rings. The largest absolute Gasteiger partial charge is 0.388 e. The maximum Gasteiger partial charge on any atom is 0.166 e. The topological polar surface area (TPSA) is 55.9 Å². The third-order valence-electron chi connectivity index (χ3n) is 6.59. The molecule has 1 N–H and O–H groups in total. The van der Waals surface area contributed by atoms with Gasteiger partial charge in [-0.05, 0) is 36.4 Å². The second-order valence-electron chi connectivity index (χ2n) is 8.91. The first-order valence-electron chi connectivity index (χ1n) is 11.3. The number of benzene rings is 2. The molecule has 2 saturated heterocycles. The molecule has 2 aromatic rings. The van der Waals surface area contributed by atoms with Gasteiger partial charge in [-0.2, -0.15) is 0 Å². The Morgan fingerprint density at radius 2 is 1.78 bits per heavy atom. The maximum atomic E-state index is 14.4. The summed E-state index contributed by atoms with van der Waals surface area (Å²) in [6.45, 7) is 8.86. The molecular weight excluding hydrogens is 407 g/mol. The Kier molecular flexibility index (Phi) is 6.46. The third kappa shape index (κ3) is 4.35. The molecule has 0 radical (unpaired) electrons. The lowest BCUT2D eigenvalue weighted by Crippen LogP contribution is -2.63. The van der Waals surface area contributed by atoms with E-state index in [0.29, 0.717) is 22.9 Å². The molecule has 32 heavy (non-hydrogen) atoms. The van der Waals surface area contributed by atoms with E-state index in [2.05, 4.69) is 20.0 Å². The number of nitrogens with zero attached hydrogens (tertiary/aromatic N) is 3. The van der Waals surface area contributed by atoms with Crippen molar-refractivity contribution in [3.05, 3.63) is 53.3 Å². The van der Waals surface area contributed by atoms with Crippen LogP contribution in [0.3, 0.4) is 0 Å². The van der Waals surface area contributed by atoms with Crippen LogP contribution >= 0.6 is 0 Å². The molecule has 0 bridgehead atoms. The van der Waals surface area contributed by atoms with Crippen molar-refractivity contribution in [1.82, 2.24) is 4.90 Å². The average Bonchev–Trinajstić information content (AvgIpc) is 2.78. The number of carbonyl (C=O) groups is 2. The molecule has 2 aliphatic heterocycles. The van der Waals surface area contributed by atoms with Crippen molar-refractivity contribution < 1.29 is 14.0 Å². The molecule has 2 aromatic carbocycles. The van der Waals surface area contributed by atoms with Crippen LogP contribution in [0.25, 0.3) is 0 Å². The van der Waals surface area contributed by atoms with E-state index in [1.165, 1.54) is 0 Å². The summed E-state index contributed by atoms with van der Waals surface area (Å²) in [5, 5.41) is 2.97. The molecule has 7 heteroatoms. The van der Waals surface area contributed by atoms with E-state index in [9.17, 15) is 14.0 Å². The van der Waals surface area contributed by atoms with E-state index >= 15 is 0 Å². The van der Waals surface area contributed by atoms with Gasteiger partial charge < -0.3 is 15.1 Å². The lowest BCUT2D eigenvalue weighted by molar-refractivity contribution is 0.0934. The van der Waals surface area contributed by atoms with Gasteiger partial charge in [-0.25, -0.2) is 4.39 Å². The van der Waals surface area contributed by atoms with Crippen molar-refractivity contribution in [3.63, 3.8) is 0 Å². The number of anilines is 3. The average molecular weight is 439 g/mol. The van der Waals surface area contributed by atoms with Crippen molar-refractivity contribution in [2.45, 2.75) is 19.9 Å². The molecule has 0 aliphatic carbocycles. The molecule has 0 amide bonds. The van der Waals surface area contributed by atoms with Gasteiger partial charge in [0.1, 0.15) is 5.82 Å². The molecule has 6 nitrogen and oxygen atoms in total. The minimum Gasteiger partial charge on any atom is -0.388 e. The number of halogens is 1. The molecule has 2 heterocycles. The van der Waals surface area contributed by atoms with Crippen molar-refractivity contribution in [2.75, 3.05) is 61.4 Å². The van der Waals surface area contributed by atoms with Crippen molar-refractivity contribution >= 4 is 29.1 Å². The Hall–Kier alpha value is -2.93. The van der Waals surface area contributed by atoms with Gasteiger partial charge in [0.2, 0.25) is 0 Å². The minimum atomic E-state index is -0.189. The maximum absolute atomic E-state index is 14.4. The number of hydrogen-bond donors (Lipinski definition) is 1. The van der Waals surface area contributed by atoms with Gasteiger partial charge in [-0.15, -0.1) is 0 Å². The first kappa shape index (κ1) is 22.3.